The number of nitrogens with zero attached hydrogens (tertiary/aromatic N) is 1. The van der Waals surface area contributed by atoms with Gasteiger partial charge in [0, 0.05) is 29.0 Å². The van der Waals surface area contributed by atoms with E-state index in [-0.39, 0.29) is 28.1 Å². The Hall–Kier alpha value is -1.56. The first-order chi connectivity index (χ1) is 13.8. The number of methoxy groups -OCH3 is 1. The number of alkyl halides is 1. The van der Waals surface area contributed by atoms with Crippen LogP contribution in [0.15, 0.2) is 24.3 Å². The van der Waals surface area contributed by atoms with Gasteiger partial charge in [-0.3, -0.25) is 9.59 Å². The number of nitrogens with one attached hydrogen (secondary N) is 1. The number of carbonyl (C=O) groups is 2. The Balaban J connectivity index is 1.37. The molecule has 0 saturated heterocycles. The first-order valence-corrected chi connectivity index (χ1v) is 11.5. The van der Waals surface area contributed by atoms with Crippen LogP contribution in [0.2, 0.25) is 0 Å². The monoisotopic (exact) mass is 462 g/mol. The molecule has 0 spiro atoms. The molecule has 0 heterocycles. The molecule has 0 aliphatic heterocycles. The maximum absolute atomic E-state index is 13.2. The van der Waals surface area contributed by atoms with Crippen molar-refractivity contribution in [3.8, 4) is 5.75 Å². The lowest BCUT2D eigenvalue weighted by Crippen LogP contribution is -2.54. The van der Waals surface area contributed by atoms with Gasteiger partial charge in [0.25, 0.3) is 0 Å². The summed E-state index contributed by atoms with van der Waals surface area (Å²) < 4.78 is 5.45. The van der Waals surface area contributed by atoms with E-state index in [0.29, 0.717) is 24.4 Å². The van der Waals surface area contributed by atoms with Crippen LogP contribution >= 0.6 is 15.9 Å². The van der Waals surface area contributed by atoms with Crippen molar-refractivity contribution in [3.05, 3.63) is 24.3 Å². The van der Waals surface area contributed by atoms with Crippen LogP contribution in [0.3, 0.4) is 0 Å². The van der Waals surface area contributed by atoms with E-state index in [4.69, 9.17) is 4.74 Å². The van der Waals surface area contributed by atoms with Crippen LogP contribution in [0.4, 0.5) is 5.69 Å². The third-order valence-corrected chi connectivity index (χ3v) is 7.99. The molecule has 2 atom stereocenters. The lowest BCUT2D eigenvalue weighted by Gasteiger charge is -2.60. The summed E-state index contributed by atoms with van der Waals surface area (Å²) in [5.41, 5.74) is 0.807. The molecule has 4 aliphatic rings. The molecule has 4 aliphatic carbocycles. The van der Waals surface area contributed by atoms with Gasteiger partial charge in [-0.15, -0.1) is 0 Å². The van der Waals surface area contributed by atoms with Crippen molar-refractivity contribution in [2.45, 2.75) is 56.2 Å². The van der Waals surface area contributed by atoms with Crippen molar-refractivity contribution < 1.29 is 14.3 Å². The van der Waals surface area contributed by atoms with Gasteiger partial charge in [-0.2, -0.15) is 0 Å². The molecule has 29 heavy (non-hydrogen) atoms. The Bertz CT molecular complexity index is 782. The highest BCUT2D eigenvalue weighted by molar-refractivity contribution is 9.10. The smallest absolute Gasteiger partial charge is 0.243 e. The third-order valence-electron chi connectivity index (χ3n) is 7.06. The number of likely N-dealkylation sites (N-methyl/N-ethyl adjacent to an activating group) is 1. The van der Waals surface area contributed by atoms with Gasteiger partial charge >= 0.3 is 0 Å². The molecular formula is C23H31BrN2O3. The van der Waals surface area contributed by atoms with Gasteiger partial charge in [0.05, 0.1) is 13.7 Å². The minimum absolute atomic E-state index is 0.0922. The molecule has 1 aromatic carbocycles. The Labute approximate surface area is 181 Å². The molecule has 158 valence electrons. The second-order valence-corrected chi connectivity index (χ2v) is 11.2. The summed E-state index contributed by atoms with van der Waals surface area (Å²) in [5.74, 6) is 2.16. The van der Waals surface area contributed by atoms with Gasteiger partial charge in [-0.05, 0) is 74.8 Å². The molecule has 5 rings (SSSR count). The van der Waals surface area contributed by atoms with E-state index >= 15 is 0 Å². The summed E-state index contributed by atoms with van der Waals surface area (Å²) in [6.45, 7) is 2.59. The molecule has 4 saturated carbocycles. The summed E-state index contributed by atoms with van der Waals surface area (Å²) in [6.07, 6.45) is 7.90. The average Bonchev–Trinajstić information content (AvgIpc) is 2.63. The van der Waals surface area contributed by atoms with Crippen LogP contribution in [0.5, 0.6) is 5.75 Å². The topological polar surface area (TPSA) is 58.6 Å². The second-order valence-electron chi connectivity index (χ2n) is 9.48. The number of hydrogen-bond donors (Lipinski definition) is 1. The van der Waals surface area contributed by atoms with Gasteiger partial charge in [0.15, 0.2) is 0 Å². The zero-order valence-corrected chi connectivity index (χ0v) is 19.0. The minimum Gasteiger partial charge on any atom is -0.497 e. The van der Waals surface area contributed by atoms with E-state index in [1.165, 1.54) is 32.1 Å². The predicted octanol–water partition coefficient (Wildman–Crippen LogP) is 4.61. The molecule has 2 unspecified atom stereocenters. The third kappa shape index (κ3) is 4.47. The van der Waals surface area contributed by atoms with Gasteiger partial charge < -0.3 is 15.0 Å². The van der Waals surface area contributed by atoms with E-state index < -0.39 is 0 Å². The van der Waals surface area contributed by atoms with Gasteiger partial charge in [0.1, 0.15) is 5.75 Å². The first-order valence-electron chi connectivity index (χ1n) is 10.7. The highest BCUT2D eigenvalue weighted by atomic mass is 79.9. The molecule has 4 bridgehead atoms. The van der Waals surface area contributed by atoms with Gasteiger partial charge in [0.2, 0.25) is 11.8 Å². The second kappa shape index (κ2) is 7.93. The van der Waals surface area contributed by atoms with E-state index in [1.54, 1.807) is 18.1 Å². The van der Waals surface area contributed by atoms with Crippen molar-refractivity contribution in [2.24, 2.45) is 17.3 Å². The Morgan fingerprint density at radius 1 is 1.24 bits per heavy atom. The Morgan fingerprint density at radius 2 is 1.97 bits per heavy atom. The molecule has 1 N–H and O–H groups in total. The average molecular weight is 463 g/mol. The predicted molar refractivity (Wildman–Crippen MR) is 117 cm³/mol. The van der Waals surface area contributed by atoms with Crippen molar-refractivity contribution in [3.63, 3.8) is 0 Å². The number of benzene rings is 1. The van der Waals surface area contributed by atoms with E-state index in [0.717, 1.165) is 18.3 Å². The highest BCUT2D eigenvalue weighted by Gasteiger charge is 2.57. The zero-order valence-electron chi connectivity index (χ0n) is 17.4. The summed E-state index contributed by atoms with van der Waals surface area (Å²) in [6, 6.07) is 7.27. The quantitative estimate of drug-likeness (QED) is 0.601. The molecule has 1 aromatic rings. The molecular weight excluding hydrogens is 432 g/mol. The summed E-state index contributed by atoms with van der Waals surface area (Å²) in [4.78, 5) is 27.4. The number of rotatable bonds is 7. The van der Waals surface area contributed by atoms with Crippen LogP contribution in [-0.2, 0) is 9.59 Å². The van der Waals surface area contributed by atoms with Crippen LogP contribution in [0, 0.1) is 17.3 Å². The van der Waals surface area contributed by atoms with Crippen LogP contribution in [-0.4, -0.2) is 41.2 Å². The summed E-state index contributed by atoms with van der Waals surface area (Å²) in [7, 11) is 1.60. The maximum atomic E-state index is 13.2. The number of halogens is 1. The minimum atomic E-state index is -0.170. The fraction of sp³-hybridized carbons (Fsp3) is 0.652. The zero-order chi connectivity index (χ0) is 20.6. The SMILES string of the molecule is CCN(CC(=O)Nc1cccc(OC)c1)C(=O)CC12CC3CC(CC(Br)(C3)C1)C2. The van der Waals surface area contributed by atoms with Crippen LogP contribution < -0.4 is 10.1 Å². The normalized spacial score (nSPS) is 32.1. The van der Waals surface area contributed by atoms with Crippen LogP contribution in [0.25, 0.3) is 0 Å². The lowest BCUT2D eigenvalue weighted by atomic mass is 9.48. The number of ether oxygens (including phenoxy) is 1. The highest BCUT2D eigenvalue weighted by Crippen LogP contribution is 2.65. The molecule has 5 nitrogen and oxygen atoms in total. The summed E-state index contributed by atoms with van der Waals surface area (Å²) in [5, 5.41) is 2.88. The fourth-order valence-corrected chi connectivity index (χ4v) is 7.94. The molecule has 2 amide bonds. The molecule has 6 heteroatoms. The van der Waals surface area contributed by atoms with Crippen LogP contribution in [0.1, 0.15) is 51.9 Å². The Morgan fingerprint density at radius 3 is 2.59 bits per heavy atom. The van der Waals surface area contributed by atoms with Crippen molar-refractivity contribution in [2.75, 3.05) is 25.5 Å². The molecule has 0 radical (unpaired) electrons. The largest absolute Gasteiger partial charge is 0.497 e. The number of carbonyl (C=O) groups excluding carboxylic acids is 2. The maximum Gasteiger partial charge on any atom is 0.243 e. The Kier molecular flexibility index (Phi) is 5.66. The van der Waals surface area contributed by atoms with Crippen molar-refractivity contribution >= 4 is 33.4 Å². The van der Waals surface area contributed by atoms with Gasteiger partial charge in [-0.25, -0.2) is 0 Å². The fourth-order valence-electron chi connectivity index (χ4n) is 6.43. The first kappa shape index (κ1) is 20.7. The molecule has 0 aromatic heterocycles. The standard InChI is InChI=1S/C23H31BrN2O3/c1-3-26(14-20(27)25-18-5-4-6-19(8-18)29-2)21(28)13-22-9-16-7-17(10-22)12-23(24,11-16)15-22/h4-6,8,16-17H,3,7,9-15H2,1-2H3,(H,25,27). The van der Waals surface area contributed by atoms with Gasteiger partial charge in [-0.1, -0.05) is 22.0 Å². The van der Waals surface area contributed by atoms with Crippen molar-refractivity contribution in [1.82, 2.24) is 4.90 Å². The van der Waals surface area contributed by atoms with E-state index in [9.17, 15) is 9.59 Å². The number of anilines is 1. The van der Waals surface area contributed by atoms with Crippen molar-refractivity contribution in [1.29, 1.82) is 0 Å². The molecule has 4 fully saturated rings. The number of hydrogen-bond acceptors (Lipinski definition) is 3. The summed E-state index contributed by atoms with van der Waals surface area (Å²) >= 11 is 4.03. The van der Waals surface area contributed by atoms with E-state index in [1.807, 2.05) is 25.1 Å². The lowest BCUT2D eigenvalue weighted by molar-refractivity contribution is -0.140. The van der Waals surface area contributed by atoms with E-state index in [2.05, 4.69) is 21.2 Å². The number of amides is 2.